The number of hydrogen-bond acceptors (Lipinski definition) is 15. The van der Waals surface area contributed by atoms with Crippen molar-refractivity contribution in [1.82, 2.24) is 0 Å². The van der Waals surface area contributed by atoms with E-state index in [9.17, 15) is 45.6 Å². The van der Waals surface area contributed by atoms with Crippen molar-refractivity contribution >= 4 is 5.78 Å². The van der Waals surface area contributed by atoms with E-state index in [4.69, 9.17) is 28.4 Å². The molecule has 0 amide bonds. The van der Waals surface area contributed by atoms with E-state index in [2.05, 4.69) is 26.8 Å². The molecule has 1 spiro atoms. The maximum atomic E-state index is 14.5. The van der Waals surface area contributed by atoms with Gasteiger partial charge in [-0.3, -0.25) is 4.79 Å². The molecule has 15 heteroatoms. The van der Waals surface area contributed by atoms with E-state index in [-0.39, 0.29) is 59.6 Å². The number of carbonyl (C=O) groups is 1. The fourth-order valence-electron chi connectivity index (χ4n) is 12.5. The second-order valence-corrected chi connectivity index (χ2v) is 18.2. The summed E-state index contributed by atoms with van der Waals surface area (Å²) in [5.74, 6) is -0.686. The van der Waals surface area contributed by atoms with E-state index in [1.807, 2.05) is 0 Å². The number of aliphatic hydroxyl groups is 8. The molecule has 8 aliphatic rings. The normalized spacial score (nSPS) is 57.2. The highest BCUT2D eigenvalue weighted by molar-refractivity contribution is 5.87. The lowest BCUT2D eigenvalue weighted by Gasteiger charge is -2.58. The van der Waals surface area contributed by atoms with Gasteiger partial charge in [0.15, 0.2) is 18.4 Å². The van der Waals surface area contributed by atoms with Gasteiger partial charge in [-0.1, -0.05) is 32.4 Å². The highest BCUT2D eigenvalue weighted by atomic mass is 16.7. The number of ketones is 1. The second kappa shape index (κ2) is 14.3. The highest BCUT2D eigenvalue weighted by Crippen LogP contribution is 2.69. The first-order valence-corrected chi connectivity index (χ1v) is 20.1. The van der Waals surface area contributed by atoms with Gasteiger partial charge in [0.25, 0.3) is 0 Å². The van der Waals surface area contributed by atoms with Crippen LogP contribution in [0.5, 0.6) is 0 Å². The van der Waals surface area contributed by atoms with Gasteiger partial charge in [-0.2, -0.15) is 0 Å². The monoisotopic (exact) mass is 768 g/mol. The smallest absolute Gasteiger partial charge is 0.197 e. The van der Waals surface area contributed by atoms with E-state index in [0.29, 0.717) is 38.2 Å². The van der Waals surface area contributed by atoms with Crippen LogP contribution in [0.25, 0.3) is 0 Å². The van der Waals surface area contributed by atoms with Gasteiger partial charge in [0.1, 0.15) is 54.6 Å². The van der Waals surface area contributed by atoms with Crippen molar-refractivity contribution in [3.63, 3.8) is 0 Å². The molecular formula is C39H60O15. The molecule has 0 unspecified atom stereocenters. The molecule has 4 saturated heterocycles. The molecule has 4 aliphatic carbocycles. The summed E-state index contributed by atoms with van der Waals surface area (Å²) < 4.78 is 36.5. The molecule has 0 radical (unpaired) electrons. The number of carbonyl (C=O) groups excluding carboxylic acids is 1. The van der Waals surface area contributed by atoms with E-state index < -0.39 is 85.3 Å². The summed E-state index contributed by atoms with van der Waals surface area (Å²) in [4.78, 5) is 14.5. The SMILES string of the molecule is C[C@H]1O[C@@H](O[C@H]2CC[C@@]3(C)C(=CC[C@H]4[C@@H]5C[C@@H]6O[C@@]7(OC[C@H](CO)C[C@@H]7O)[C@@H](C)[C@@H]6[C@@]5(C)C(=O)C[C@@H]43)C2)[C@H](O)[C@@H](O)[C@H]1O[C@@H]1O[C@H](CO)[C@@H](O)[C@H](O)[C@H]1O. The van der Waals surface area contributed by atoms with Crippen molar-refractivity contribution < 1.29 is 74.1 Å². The first kappa shape index (κ1) is 39.7. The summed E-state index contributed by atoms with van der Waals surface area (Å²) in [6.07, 6.45) is -8.36. The summed E-state index contributed by atoms with van der Waals surface area (Å²) in [6.45, 7) is 7.71. The Balaban J connectivity index is 0.921. The van der Waals surface area contributed by atoms with Gasteiger partial charge in [-0.05, 0) is 68.6 Å². The van der Waals surface area contributed by atoms with Crippen LogP contribution in [-0.2, 0) is 33.2 Å². The zero-order chi connectivity index (χ0) is 38.6. The minimum absolute atomic E-state index is 0.0531. The fraction of sp³-hybridized carbons (Fsp3) is 0.923. The zero-order valence-electron chi connectivity index (χ0n) is 31.6. The number of fused-ring (bicyclic) bond motifs is 7. The zero-order valence-corrected chi connectivity index (χ0v) is 31.6. The quantitative estimate of drug-likeness (QED) is 0.159. The van der Waals surface area contributed by atoms with Crippen LogP contribution in [-0.4, -0.2) is 152 Å². The number of Topliss-reactive ketones (excluding diaryl/α,β-unsaturated/α-hetero) is 1. The van der Waals surface area contributed by atoms with Crippen molar-refractivity contribution in [2.45, 2.75) is 158 Å². The maximum absolute atomic E-state index is 14.5. The Kier molecular flexibility index (Phi) is 10.5. The predicted molar refractivity (Wildman–Crippen MR) is 185 cm³/mol. The van der Waals surface area contributed by atoms with Crippen molar-refractivity contribution in [3.05, 3.63) is 11.6 Å². The lowest BCUT2D eigenvalue weighted by molar-refractivity contribution is -0.359. The Bertz CT molecular complexity index is 1440. The van der Waals surface area contributed by atoms with Crippen molar-refractivity contribution in [2.24, 2.45) is 46.3 Å². The molecule has 4 aliphatic heterocycles. The second-order valence-electron chi connectivity index (χ2n) is 18.2. The van der Waals surface area contributed by atoms with Crippen LogP contribution in [0.2, 0.25) is 0 Å². The standard InChI is InChI=1S/C39H60O15/c1-16-28-24(54-39(16)27(43)9-18(13-40)15-49-39)11-23-21-6-5-19-10-20(7-8-37(19,3)22(21)12-26(42)38(23,28)4)51-35-33(48)31(46)34(17(2)50-35)53-36-32(47)30(45)29(44)25(14-41)52-36/h5,16-18,20-25,27-36,40-41,43-48H,6-15H2,1-4H3/t16-,17+,18-,20-,21+,22-,23-,24-,25+,27-,28-,29+,30-,31+,32+,33+,34-,35-,36-,37-,38+,39-/m0/s1. The topological polar surface area (TPSA) is 234 Å². The molecule has 54 heavy (non-hydrogen) atoms. The van der Waals surface area contributed by atoms with E-state index in [1.54, 1.807) is 6.92 Å². The summed E-state index contributed by atoms with van der Waals surface area (Å²) in [7, 11) is 0. The van der Waals surface area contributed by atoms with Gasteiger partial charge in [0, 0.05) is 36.2 Å². The number of hydrogen-bond donors (Lipinski definition) is 8. The van der Waals surface area contributed by atoms with Gasteiger partial charge in [0.2, 0.25) is 0 Å². The molecule has 8 rings (SSSR count). The molecule has 3 saturated carbocycles. The fourth-order valence-corrected chi connectivity index (χ4v) is 12.5. The molecule has 0 aromatic carbocycles. The number of rotatable bonds is 6. The third kappa shape index (κ3) is 5.86. The molecule has 0 bridgehead atoms. The number of aliphatic hydroxyl groups excluding tert-OH is 8. The van der Waals surface area contributed by atoms with Crippen molar-refractivity contribution in [1.29, 1.82) is 0 Å². The third-order valence-corrected chi connectivity index (χ3v) is 15.6. The number of ether oxygens (including phenoxy) is 6. The van der Waals surface area contributed by atoms with E-state index in [1.165, 1.54) is 5.57 Å². The number of allylic oxidation sites excluding steroid dienone is 1. The van der Waals surface area contributed by atoms with Gasteiger partial charge in [0.05, 0.1) is 31.5 Å². The molecule has 306 valence electrons. The first-order chi connectivity index (χ1) is 25.6. The van der Waals surface area contributed by atoms with Crippen LogP contribution in [0.15, 0.2) is 11.6 Å². The third-order valence-electron chi connectivity index (χ3n) is 15.6. The molecule has 8 N–H and O–H groups in total. The van der Waals surface area contributed by atoms with Crippen LogP contribution >= 0.6 is 0 Å². The molecule has 0 aromatic rings. The van der Waals surface area contributed by atoms with Crippen LogP contribution < -0.4 is 0 Å². The van der Waals surface area contributed by atoms with Crippen LogP contribution in [0.3, 0.4) is 0 Å². The molecule has 15 nitrogen and oxygen atoms in total. The minimum Gasteiger partial charge on any atom is -0.396 e. The minimum atomic E-state index is -1.68. The molecule has 0 aromatic heterocycles. The largest absolute Gasteiger partial charge is 0.396 e. The van der Waals surface area contributed by atoms with E-state index in [0.717, 1.165) is 19.3 Å². The Hall–Kier alpha value is -1.15. The summed E-state index contributed by atoms with van der Waals surface area (Å²) >= 11 is 0. The average Bonchev–Trinajstić information content (AvgIpc) is 3.61. The molecule has 4 heterocycles. The Labute approximate surface area is 315 Å². The maximum Gasteiger partial charge on any atom is 0.197 e. The average molecular weight is 769 g/mol. The predicted octanol–water partition coefficient (Wildman–Crippen LogP) is -0.488. The summed E-state index contributed by atoms with van der Waals surface area (Å²) in [6, 6.07) is 0. The Morgan fingerprint density at radius 1 is 0.852 bits per heavy atom. The van der Waals surface area contributed by atoms with Crippen LogP contribution in [0.4, 0.5) is 0 Å². The summed E-state index contributed by atoms with van der Waals surface area (Å²) in [5.41, 5.74) is 0.429. The van der Waals surface area contributed by atoms with Gasteiger partial charge >= 0.3 is 0 Å². The Morgan fingerprint density at radius 2 is 1.57 bits per heavy atom. The summed E-state index contributed by atoms with van der Waals surface area (Å²) in [5, 5.41) is 83.4. The lowest BCUT2D eigenvalue weighted by atomic mass is 9.46. The van der Waals surface area contributed by atoms with Gasteiger partial charge < -0.3 is 69.3 Å². The van der Waals surface area contributed by atoms with Crippen molar-refractivity contribution in [2.75, 3.05) is 19.8 Å². The van der Waals surface area contributed by atoms with Crippen molar-refractivity contribution in [3.8, 4) is 0 Å². The molecular weight excluding hydrogens is 708 g/mol. The van der Waals surface area contributed by atoms with Gasteiger partial charge in [-0.15, -0.1) is 0 Å². The highest BCUT2D eigenvalue weighted by Gasteiger charge is 2.73. The van der Waals surface area contributed by atoms with E-state index >= 15 is 0 Å². The lowest BCUT2D eigenvalue weighted by Crippen LogP contribution is -2.64. The van der Waals surface area contributed by atoms with Crippen LogP contribution in [0.1, 0.15) is 72.6 Å². The molecule has 22 atom stereocenters. The molecule has 7 fully saturated rings. The van der Waals surface area contributed by atoms with Crippen LogP contribution in [0, 0.1) is 46.3 Å². The Morgan fingerprint density at radius 3 is 2.28 bits per heavy atom. The van der Waals surface area contributed by atoms with Gasteiger partial charge in [-0.25, -0.2) is 0 Å². The first-order valence-electron chi connectivity index (χ1n) is 20.1.